The highest BCUT2D eigenvalue weighted by atomic mass is 32.2. The number of pyridine rings is 1. The molecule has 0 saturated carbocycles. The Morgan fingerprint density at radius 1 is 1.22 bits per heavy atom. The number of aliphatic hydroxyl groups excluding tert-OH is 1. The Morgan fingerprint density at radius 3 is 2.78 bits per heavy atom. The summed E-state index contributed by atoms with van der Waals surface area (Å²) in [6.07, 6.45) is -0.0283. The van der Waals surface area contributed by atoms with Gasteiger partial charge >= 0.3 is 6.18 Å². The number of nitrogens with zero attached hydrogens (tertiary/aromatic N) is 5. The molecule has 0 bridgehead atoms. The van der Waals surface area contributed by atoms with E-state index >= 15 is 0 Å². The van der Waals surface area contributed by atoms with Crippen LogP contribution < -0.4 is 0 Å². The molecule has 0 aliphatic rings. The summed E-state index contributed by atoms with van der Waals surface area (Å²) in [7, 11) is 0. The SMILES string of the molecule is OCC=CCSc1nc2cccnc2n2c(C(F)(F)F)nnc12. The van der Waals surface area contributed by atoms with Crippen LogP contribution in [0.5, 0.6) is 0 Å². The van der Waals surface area contributed by atoms with E-state index in [0.717, 1.165) is 4.40 Å². The Morgan fingerprint density at radius 2 is 2.04 bits per heavy atom. The van der Waals surface area contributed by atoms with E-state index in [0.29, 0.717) is 16.3 Å². The van der Waals surface area contributed by atoms with Gasteiger partial charge in [0.25, 0.3) is 0 Å². The van der Waals surface area contributed by atoms with Gasteiger partial charge in [0.15, 0.2) is 11.3 Å². The molecule has 3 aromatic rings. The molecule has 120 valence electrons. The standard InChI is InChI=1S/C13H10F3N5OS/c14-13(15,16)12-20-19-10-11(23-7-2-1-6-22)18-8-4-3-5-17-9(8)21(10)12/h1-5,22H,6-7H2. The third-order valence-electron chi connectivity index (χ3n) is 2.90. The summed E-state index contributed by atoms with van der Waals surface area (Å²) in [5, 5.41) is 15.9. The highest BCUT2D eigenvalue weighted by Crippen LogP contribution is 2.32. The first-order chi connectivity index (χ1) is 11.0. The second kappa shape index (κ2) is 6.13. The first-order valence-electron chi connectivity index (χ1n) is 6.48. The number of fused-ring (bicyclic) bond motifs is 3. The second-order valence-electron chi connectivity index (χ2n) is 4.41. The van der Waals surface area contributed by atoms with E-state index in [1.54, 1.807) is 18.2 Å². The number of halogens is 3. The monoisotopic (exact) mass is 341 g/mol. The third-order valence-corrected chi connectivity index (χ3v) is 3.80. The number of aromatic nitrogens is 5. The van der Waals surface area contributed by atoms with Crippen molar-refractivity contribution in [1.29, 1.82) is 0 Å². The summed E-state index contributed by atoms with van der Waals surface area (Å²) < 4.78 is 40.3. The van der Waals surface area contributed by atoms with Crippen LogP contribution in [0.1, 0.15) is 5.82 Å². The molecule has 0 saturated heterocycles. The summed E-state index contributed by atoms with van der Waals surface area (Å²) in [5.41, 5.74) is 0.375. The molecule has 3 rings (SSSR count). The lowest BCUT2D eigenvalue weighted by Gasteiger charge is -2.08. The van der Waals surface area contributed by atoms with Crippen LogP contribution in [-0.4, -0.2) is 42.0 Å². The molecule has 0 atom stereocenters. The summed E-state index contributed by atoms with van der Waals surface area (Å²) in [4.78, 5) is 8.28. The Bertz CT molecular complexity index is 877. The highest BCUT2D eigenvalue weighted by molar-refractivity contribution is 7.99. The lowest BCUT2D eigenvalue weighted by atomic mass is 10.4. The third kappa shape index (κ3) is 2.99. The molecule has 23 heavy (non-hydrogen) atoms. The largest absolute Gasteiger partial charge is 0.452 e. The minimum Gasteiger partial charge on any atom is -0.392 e. The number of rotatable bonds is 4. The van der Waals surface area contributed by atoms with Crippen molar-refractivity contribution < 1.29 is 18.3 Å². The van der Waals surface area contributed by atoms with Crippen LogP contribution in [0.25, 0.3) is 16.8 Å². The van der Waals surface area contributed by atoms with Gasteiger partial charge in [-0.1, -0.05) is 23.9 Å². The summed E-state index contributed by atoms with van der Waals surface area (Å²) >= 11 is 1.20. The zero-order valence-corrected chi connectivity index (χ0v) is 12.3. The first kappa shape index (κ1) is 15.7. The van der Waals surface area contributed by atoms with Gasteiger partial charge in [-0.25, -0.2) is 9.97 Å². The molecule has 3 aromatic heterocycles. The van der Waals surface area contributed by atoms with E-state index in [9.17, 15) is 13.2 Å². The van der Waals surface area contributed by atoms with E-state index < -0.39 is 12.0 Å². The molecule has 0 radical (unpaired) electrons. The predicted octanol–water partition coefficient (Wildman–Crippen LogP) is 2.33. The van der Waals surface area contributed by atoms with Crippen molar-refractivity contribution in [2.45, 2.75) is 11.2 Å². The van der Waals surface area contributed by atoms with Gasteiger partial charge in [-0.15, -0.1) is 10.2 Å². The zero-order chi connectivity index (χ0) is 16.4. The van der Waals surface area contributed by atoms with Crippen LogP contribution in [0.3, 0.4) is 0 Å². The van der Waals surface area contributed by atoms with Crippen molar-refractivity contribution in [1.82, 2.24) is 24.6 Å². The van der Waals surface area contributed by atoms with Gasteiger partial charge in [0.1, 0.15) is 10.5 Å². The maximum atomic E-state index is 13.1. The number of hydrogen-bond acceptors (Lipinski definition) is 6. The van der Waals surface area contributed by atoms with Crippen molar-refractivity contribution in [3.05, 3.63) is 36.3 Å². The Balaban J connectivity index is 2.20. The fourth-order valence-corrected chi connectivity index (χ4v) is 2.80. The van der Waals surface area contributed by atoms with Crippen molar-refractivity contribution in [2.75, 3.05) is 12.4 Å². The molecule has 10 heteroatoms. The molecule has 0 spiro atoms. The van der Waals surface area contributed by atoms with E-state index in [-0.39, 0.29) is 17.9 Å². The second-order valence-corrected chi connectivity index (χ2v) is 5.42. The predicted molar refractivity (Wildman–Crippen MR) is 78.0 cm³/mol. The maximum absolute atomic E-state index is 13.1. The van der Waals surface area contributed by atoms with E-state index in [1.807, 2.05) is 0 Å². The smallest absolute Gasteiger partial charge is 0.392 e. The van der Waals surface area contributed by atoms with Crippen LogP contribution in [0.2, 0.25) is 0 Å². The molecule has 0 aliphatic heterocycles. The number of hydrogen-bond donors (Lipinski definition) is 1. The van der Waals surface area contributed by atoms with E-state index in [4.69, 9.17) is 5.11 Å². The Kier molecular flexibility index (Phi) is 4.18. The van der Waals surface area contributed by atoms with Gasteiger partial charge < -0.3 is 5.11 Å². The molecule has 3 heterocycles. The fourth-order valence-electron chi connectivity index (χ4n) is 1.98. The minimum atomic E-state index is -4.65. The molecule has 0 aliphatic carbocycles. The van der Waals surface area contributed by atoms with Crippen molar-refractivity contribution in [2.24, 2.45) is 0 Å². The normalized spacial score (nSPS) is 12.7. The number of alkyl halides is 3. The van der Waals surface area contributed by atoms with Gasteiger partial charge in [-0.3, -0.25) is 4.40 Å². The lowest BCUT2D eigenvalue weighted by molar-refractivity contribution is -0.145. The fraction of sp³-hybridized carbons (Fsp3) is 0.231. The van der Waals surface area contributed by atoms with Gasteiger partial charge in [-0.05, 0) is 12.1 Å². The van der Waals surface area contributed by atoms with Gasteiger partial charge in [-0.2, -0.15) is 13.2 Å². The molecule has 6 nitrogen and oxygen atoms in total. The quantitative estimate of drug-likeness (QED) is 0.580. The molecular weight excluding hydrogens is 331 g/mol. The lowest BCUT2D eigenvalue weighted by Crippen LogP contribution is -2.12. The number of thioether (sulfide) groups is 1. The zero-order valence-electron chi connectivity index (χ0n) is 11.5. The summed E-state index contributed by atoms with van der Waals surface area (Å²) in [6, 6.07) is 3.18. The minimum absolute atomic E-state index is 0.00548. The van der Waals surface area contributed by atoms with Crippen LogP contribution in [0.15, 0.2) is 35.5 Å². The molecule has 0 aromatic carbocycles. The van der Waals surface area contributed by atoms with Gasteiger partial charge in [0, 0.05) is 11.9 Å². The summed E-state index contributed by atoms with van der Waals surface area (Å²) in [6.45, 7) is -0.103. The maximum Gasteiger partial charge on any atom is 0.452 e. The molecule has 0 amide bonds. The van der Waals surface area contributed by atoms with Crippen molar-refractivity contribution in [3.8, 4) is 0 Å². The van der Waals surface area contributed by atoms with E-state index in [1.165, 1.54) is 24.0 Å². The van der Waals surface area contributed by atoms with Crippen LogP contribution in [0, 0.1) is 0 Å². The summed E-state index contributed by atoms with van der Waals surface area (Å²) in [5.74, 6) is -0.699. The van der Waals surface area contributed by atoms with E-state index in [2.05, 4.69) is 20.2 Å². The first-order valence-corrected chi connectivity index (χ1v) is 7.46. The molecule has 0 unspecified atom stereocenters. The van der Waals surface area contributed by atoms with Crippen LogP contribution in [-0.2, 0) is 6.18 Å². The van der Waals surface area contributed by atoms with Crippen LogP contribution in [0.4, 0.5) is 13.2 Å². The average molecular weight is 341 g/mol. The topological polar surface area (TPSA) is 76.2 Å². The molecular formula is C13H10F3N5OS. The Hall–Kier alpha value is -2.20. The Labute approximate surface area is 132 Å². The number of aliphatic hydroxyl groups is 1. The average Bonchev–Trinajstić information content (AvgIpc) is 2.97. The van der Waals surface area contributed by atoms with Crippen LogP contribution >= 0.6 is 11.8 Å². The molecule has 1 N–H and O–H groups in total. The highest BCUT2D eigenvalue weighted by Gasteiger charge is 2.38. The molecule has 0 fully saturated rings. The van der Waals surface area contributed by atoms with Gasteiger partial charge in [0.05, 0.1) is 6.61 Å². The van der Waals surface area contributed by atoms with Crippen molar-refractivity contribution >= 4 is 28.6 Å². The van der Waals surface area contributed by atoms with Gasteiger partial charge in [0.2, 0.25) is 5.82 Å². The van der Waals surface area contributed by atoms with Crippen molar-refractivity contribution in [3.63, 3.8) is 0 Å².